The second-order valence-corrected chi connectivity index (χ2v) is 2.99. The minimum Gasteiger partial charge on any atom is -0.737 e. The molecule has 0 saturated carbocycles. The Morgan fingerprint density at radius 3 is 2.92 bits per heavy atom. The maximum Gasteiger partial charge on any atom is 0.222 e. The summed E-state index contributed by atoms with van der Waals surface area (Å²) >= 11 is 0. The summed E-state index contributed by atoms with van der Waals surface area (Å²) in [6, 6.07) is 0. The number of hydrogen-bond donors (Lipinski definition) is 1. The first-order valence-electron chi connectivity index (χ1n) is 4.00. The first kappa shape index (κ1) is 9.56. The third kappa shape index (κ3) is 2.20. The van der Waals surface area contributed by atoms with Crippen LogP contribution >= 0.6 is 0 Å². The molecule has 13 heavy (non-hydrogen) atoms. The molecule has 0 spiro atoms. The Kier molecular flexibility index (Phi) is 2.88. The molecular weight excluding hydrogens is 176 g/mol. The van der Waals surface area contributed by atoms with Crippen LogP contribution in [0.2, 0.25) is 0 Å². The molecule has 7 heteroatoms. The Hall–Kier alpha value is -1.53. The Labute approximate surface area is 74.9 Å². The molecule has 1 aliphatic heterocycles. The van der Waals surface area contributed by atoms with Gasteiger partial charge in [-0.3, -0.25) is 4.79 Å². The number of piperidine rings is 1. The van der Waals surface area contributed by atoms with Crippen LogP contribution in [0.25, 0.3) is 0 Å². The molecule has 1 rings (SSSR count). The van der Waals surface area contributed by atoms with E-state index in [2.05, 4.69) is 5.28 Å². The summed E-state index contributed by atoms with van der Waals surface area (Å²) in [5, 5.41) is 24.0. The number of amides is 1. The van der Waals surface area contributed by atoms with Crippen molar-refractivity contribution in [1.82, 2.24) is 5.01 Å². The van der Waals surface area contributed by atoms with Crippen LogP contribution in [0, 0.1) is 16.3 Å². The van der Waals surface area contributed by atoms with Gasteiger partial charge in [0.15, 0.2) is 0 Å². The number of hydrazine groups is 1. The third-order valence-electron chi connectivity index (χ3n) is 2.11. The van der Waals surface area contributed by atoms with Crippen molar-refractivity contribution in [2.75, 3.05) is 13.1 Å². The second-order valence-electron chi connectivity index (χ2n) is 2.99. The van der Waals surface area contributed by atoms with Crippen molar-refractivity contribution in [1.29, 1.82) is 0 Å². The maximum absolute atomic E-state index is 10.8. The van der Waals surface area contributed by atoms with Gasteiger partial charge in [0, 0.05) is 4.97 Å². The van der Waals surface area contributed by atoms with Crippen molar-refractivity contribution in [3.05, 3.63) is 10.4 Å². The molecule has 1 atom stereocenters. The van der Waals surface area contributed by atoms with Crippen LogP contribution in [-0.2, 0) is 4.79 Å². The molecule has 2 N–H and O–H groups in total. The largest absolute Gasteiger partial charge is 0.737 e. The Balaban J connectivity index is 2.56. The first-order chi connectivity index (χ1) is 6.15. The molecule has 0 bridgehead atoms. The predicted octanol–water partition coefficient (Wildman–Crippen LogP) is -0.441. The average molecular weight is 187 g/mol. The molecule has 0 aromatic heterocycles. The van der Waals surface area contributed by atoms with Gasteiger partial charge in [-0.2, -0.15) is 0 Å². The van der Waals surface area contributed by atoms with Crippen molar-refractivity contribution in [3.63, 3.8) is 0 Å². The highest BCUT2D eigenvalue weighted by Gasteiger charge is 2.27. The molecule has 74 valence electrons. The van der Waals surface area contributed by atoms with Crippen LogP contribution in [-0.4, -0.2) is 29.0 Å². The van der Waals surface area contributed by atoms with Gasteiger partial charge in [-0.1, -0.05) is 0 Å². The van der Waals surface area contributed by atoms with Gasteiger partial charge in [0.25, 0.3) is 0 Å². The zero-order valence-corrected chi connectivity index (χ0v) is 7.05. The van der Waals surface area contributed by atoms with Gasteiger partial charge in [0.1, 0.15) is 0 Å². The monoisotopic (exact) mass is 187 g/mol. The molecule has 1 heterocycles. The predicted molar refractivity (Wildman–Crippen MR) is 42.9 cm³/mol. The SMILES string of the molecule is NC(=O)C1CCCN(/[N+]([O-])=N/[O-])C1. The second kappa shape index (κ2) is 3.92. The van der Waals surface area contributed by atoms with E-state index in [1.165, 1.54) is 5.01 Å². The van der Waals surface area contributed by atoms with E-state index in [4.69, 9.17) is 5.73 Å². The molecule has 1 saturated heterocycles. The summed E-state index contributed by atoms with van der Waals surface area (Å²) in [6.07, 6.45) is 1.33. The summed E-state index contributed by atoms with van der Waals surface area (Å²) in [5.41, 5.74) is 5.08. The van der Waals surface area contributed by atoms with E-state index >= 15 is 0 Å². The van der Waals surface area contributed by atoms with E-state index in [9.17, 15) is 15.2 Å². The fraction of sp³-hybridized carbons (Fsp3) is 0.833. The highest BCUT2D eigenvalue weighted by Crippen LogP contribution is 2.15. The summed E-state index contributed by atoms with van der Waals surface area (Å²) in [4.78, 5) is 10.7. The van der Waals surface area contributed by atoms with E-state index in [1.807, 2.05) is 0 Å². The van der Waals surface area contributed by atoms with E-state index in [0.717, 1.165) is 0 Å². The normalized spacial score (nSPS) is 24.5. The molecule has 0 aromatic carbocycles. The summed E-state index contributed by atoms with van der Waals surface area (Å²) < 4.78 is 0. The fourth-order valence-electron chi connectivity index (χ4n) is 1.40. The highest BCUT2D eigenvalue weighted by molar-refractivity contribution is 5.76. The summed E-state index contributed by atoms with van der Waals surface area (Å²) in [6.45, 7) is 0.629. The molecule has 0 aliphatic carbocycles. The van der Waals surface area contributed by atoms with Crippen LogP contribution in [0.1, 0.15) is 12.8 Å². The van der Waals surface area contributed by atoms with Crippen LogP contribution in [0.3, 0.4) is 0 Å². The number of hydrogen-bond acceptors (Lipinski definition) is 4. The number of primary amides is 1. The molecule has 0 radical (unpaired) electrons. The molecular formula is C6H11N4O3-. The van der Waals surface area contributed by atoms with Gasteiger partial charge >= 0.3 is 0 Å². The van der Waals surface area contributed by atoms with E-state index in [-0.39, 0.29) is 17.4 Å². The van der Waals surface area contributed by atoms with Gasteiger partial charge in [0.2, 0.25) is 5.91 Å². The number of nitrogens with two attached hydrogens (primary N) is 1. The molecule has 1 fully saturated rings. The Morgan fingerprint density at radius 2 is 2.38 bits per heavy atom. The van der Waals surface area contributed by atoms with Crippen molar-refractivity contribution >= 4 is 5.91 Å². The number of nitrogens with zero attached hydrogens (tertiary/aromatic N) is 3. The van der Waals surface area contributed by atoms with E-state index < -0.39 is 5.91 Å². The van der Waals surface area contributed by atoms with Crippen LogP contribution in [0.4, 0.5) is 0 Å². The standard InChI is InChI=1S/C6H12N4O3/c7-6(11)5-2-1-3-9(4-5)10(13)8-12/h5,12H,1-4H2,(H2,7,11)/p-1/b10-8-. The molecule has 1 unspecified atom stereocenters. The smallest absolute Gasteiger partial charge is 0.222 e. The minimum absolute atomic E-state index is 0.0326. The first-order valence-corrected chi connectivity index (χ1v) is 4.00. The Bertz CT molecular complexity index is 230. The quantitative estimate of drug-likeness (QED) is 0.359. The van der Waals surface area contributed by atoms with Gasteiger partial charge in [-0.25, -0.2) is 0 Å². The lowest BCUT2D eigenvalue weighted by Gasteiger charge is -2.27. The summed E-state index contributed by atoms with van der Waals surface area (Å²) in [7, 11) is 0. The van der Waals surface area contributed by atoms with Crippen LogP contribution in [0.5, 0.6) is 0 Å². The zero-order chi connectivity index (χ0) is 9.84. The topological polar surface area (TPSA) is 108 Å². The average Bonchev–Trinajstić information content (AvgIpc) is 2.17. The zero-order valence-electron chi connectivity index (χ0n) is 7.05. The lowest BCUT2D eigenvalue weighted by molar-refractivity contribution is -0.693. The number of rotatable bonds is 2. The molecule has 1 aliphatic rings. The van der Waals surface area contributed by atoms with Crippen molar-refractivity contribution in [3.8, 4) is 0 Å². The lowest BCUT2D eigenvalue weighted by atomic mass is 9.99. The van der Waals surface area contributed by atoms with E-state index in [0.29, 0.717) is 19.4 Å². The van der Waals surface area contributed by atoms with Crippen LogP contribution < -0.4 is 5.73 Å². The van der Waals surface area contributed by atoms with Gasteiger partial charge < -0.3 is 16.1 Å². The van der Waals surface area contributed by atoms with Gasteiger partial charge in [-0.15, -0.1) is 5.01 Å². The maximum atomic E-state index is 10.8. The minimum atomic E-state index is -0.441. The summed E-state index contributed by atoms with van der Waals surface area (Å²) in [5.74, 6) is -0.795. The number of carbonyl (C=O) groups is 1. The Morgan fingerprint density at radius 1 is 1.69 bits per heavy atom. The van der Waals surface area contributed by atoms with Gasteiger partial charge in [-0.05, 0) is 18.1 Å². The van der Waals surface area contributed by atoms with Crippen molar-refractivity contribution in [2.45, 2.75) is 12.8 Å². The molecule has 1 amide bonds. The number of carbonyl (C=O) groups excluding carboxylic acids is 1. The lowest BCUT2D eigenvalue weighted by Crippen LogP contribution is -2.44. The molecule has 7 nitrogen and oxygen atoms in total. The van der Waals surface area contributed by atoms with Crippen molar-refractivity contribution in [2.24, 2.45) is 16.9 Å². The highest BCUT2D eigenvalue weighted by atomic mass is 16.6. The van der Waals surface area contributed by atoms with Gasteiger partial charge in [0.05, 0.1) is 19.0 Å². The van der Waals surface area contributed by atoms with Crippen molar-refractivity contribution < 1.29 is 9.76 Å². The molecule has 0 aromatic rings. The van der Waals surface area contributed by atoms with E-state index in [1.54, 1.807) is 0 Å². The van der Waals surface area contributed by atoms with Crippen LogP contribution in [0.15, 0.2) is 5.28 Å². The third-order valence-corrected chi connectivity index (χ3v) is 2.11. The fourth-order valence-corrected chi connectivity index (χ4v) is 1.40.